The van der Waals surface area contributed by atoms with E-state index in [0.29, 0.717) is 44.2 Å². The molecule has 2 heterocycles. The first-order chi connectivity index (χ1) is 12.6. The van der Waals surface area contributed by atoms with Gasteiger partial charge in [-0.2, -0.15) is 0 Å². The van der Waals surface area contributed by atoms with Crippen molar-refractivity contribution in [3.8, 4) is 11.5 Å². The number of benzene rings is 1. The maximum absolute atomic E-state index is 12.1. The lowest BCUT2D eigenvalue weighted by atomic mass is 10.1. The number of imide groups is 1. The summed E-state index contributed by atoms with van der Waals surface area (Å²) in [5.74, 6) is 0.729. The van der Waals surface area contributed by atoms with E-state index in [2.05, 4.69) is 10.6 Å². The van der Waals surface area contributed by atoms with Gasteiger partial charge in [-0.3, -0.25) is 14.5 Å². The molecule has 0 aliphatic carbocycles. The lowest BCUT2D eigenvalue weighted by molar-refractivity contribution is -0.130. The number of rotatable bonds is 6. The number of fused-ring (bicyclic) bond motifs is 1. The molecule has 2 N–H and O–H groups in total. The second kappa shape index (κ2) is 8.07. The Morgan fingerprint density at radius 2 is 2.04 bits per heavy atom. The van der Waals surface area contributed by atoms with E-state index in [-0.39, 0.29) is 18.2 Å². The van der Waals surface area contributed by atoms with Crippen molar-refractivity contribution < 1.29 is 23.9 Å². The van der Waals surface area contributed by atoms with Crippen LogP contribution in [-0.2, 0) is 16.1 Å². The van der Waals surface area contributed by atoms with E-state index >= 15 is 0 Å². The van der Waals surface area contributed by atoms with Gasteiger partial charge >= 0.3 is 6.03 Å². The van der Waals surface area contributed by atoms with Crippen LogP contribution in [0.25, 0.3) is 0 Å². The standard InChI is InChI=1S/C18H23N3O5/c1-2-6-21-17(23)13(20-18(21)24)10-16(22)19-11-12-4-5-14-15(9-12)26-8-3-7-25-14/h4-5,9,13H,2-3,6-8,10-11H2,1H3,(H,19,22)(H,20,24)/t13-/m1/s1. The Kier molecular flexibility index (Phi) is 5.60. The molecule has 0 spiro atoms. The number of ether oxygens (including phenoxy) is 2. The van der Waals surface area contributed by atoms with Crippen molar-refractivity contribution in [3.05, 3.63) is 23.8 Å². The molecule has 26 heavy (non-hydrogen) atoms. The van der Waals surface area contributed by atoms with Crippen LogP contribution in [0.4, 0.5) is 4.79 Å². The van der Waals surface area contributed by atoms with Crippen LogP contribution in [0, 0.1) is 0 Å². The van der Waals surface area contributed by atoms with Gasteiger partial charge < -0.3 is 20.1 Å². The zero-order chi connectivity index (χ0) is 18.5. The topological polar surface area (TPSA) is 97.0 Å². The second-order valence-electron chi connectivity index (χ2n) is 6.30. The largest absolute Gasteiger partial charge is 0.490 e. The van der Waals surface area contributed by atoms with E-state index in [4.69, 9.17) is 9.47 Å². The Morgan fingerprint density at radius 3 is 2.81 bits per heavy atom. The van der Waals surface area contributed by atoms with Gasteiger partial charge in [0.25, 0.3) is 5.91 Å². The van der Waals surface area contributed by atoms with Gasteiger partial charge in [0.1, 0.15) is 6.04 Å². The number of amides is 4. The van der Waals surface area contributed by atoms with Crippen molar-refractivity contribution in [2.45, 2.75) is 38.8 Å². The third-order valence-electron chi connectivity index (χ3n) is 4.25. The predicted molar refractivity (Wildman–Crippen MR) is 92.8 cm³/mol. The summed E-state index contributed by atoms with van der Waals surface area (Å²) in [5.41, 5.74) is 0.872. The van der Waals surface area contributed by atoms with Crippen LogP contribution in [0.1, 0.15) is 31.7 Å². The van der Waals surface area contributed by atoms with E-state index in [0.717, 1.165) is 16.9 Å². The molecule has 2 aliphatic heterocycles. The Balaban J connectivity index is 1.52. The summed E-state index contributed by atoms with van der Waals surface area (Å²) in [6, 6.07) is 4.30. The molecule has 1 saturated heterocycles. The van der Waals surface area contributed by atoms with Gasteiger partial charge in [0.15, 0.2) is 11.5 Å². The van der Waals surface area contributed by atoms with Crippen LogP contribution in [-0.4, -0.2) is 48.5 Å². The molecule has 140 valence electrons. The minimum Gasteiger partial charge on any atom is -0.490 e. The molecular formula is C18H23N3O5. The molecule has 8 nitrogen and oxygen atoms in total. The van der Waals surface area contributed by atoms with Crippen molar-refractivity contribution in [1.29, 1.82) is 0 Å². The molecule has 1 aromatic carbocycles. The summed E-state index contributed by atoms with van der Waals surface area (Å²) < 4.78 is 11.2. The molecule has 8 heteroatoms. The number of nitrogens with one attached hydrogen (secondary N) is 2. The fourth-order valence-electron chi connectivity index (χ4n) is 2.93. The number of nitrogens with zero attached hydrogens (tertiary/aromatic N) is 1. The maximum Gasteiger partial charge on any atom is 0.324 e. The molecule has 1 atom stereocenters. The molecule has 0 unspecified atom stereocenters. The molecule has 1 aromatic rings. The van der Waals surface area contributed by atoms with Crippen LogP contribution in [0.2, 0.25) is 0 Å². The van der Waals surface area contributed by atoms with E-state index in [1.54, 1.807) is 0 Å². The smallest absolute Gasteiger partial charge is 0.324 e. The van der Waals surface area contributed by atoms with Crippen LogP contribution in [0.5, 0.6) is 11.5 Å². The molecule has 0 bridgehead atoms. The summed E-state index contributed by atoms with van der Waals surface area (Å²) in [5, 5.41) is 5.33. The minimum atomic E-state index is -0.794. The fourth-order valence-corrected chi connectivity index (χ4v) is 2.93. The van der Waals surface area contributed by atoms with E-state index in [1.165, 1.54) is 0 Å². The van der Waals surface area contributed by atoms with Crippen molar-refractivity contribution in [1.82, 2.24) is 15.5 Å². The third-order valence-corrected chi connectivity index (χ3v) is 4.25. The number of urea groups is 1. The summed E-state index contributed by atoms with van der Waals surface area (Å²) in [7, 11) is 0. The number of carbonyl (C=O) groups is 3. The van der Waals surface area contributed by atoms with Crippen molar-refractivity contribution in [3.63, 3.8) is 0 Å². The van der Waals surface area contributed by atoms with Gasteiger partial charge in [0, 0.05) is 19.5 Å². The van der Waals surface area contributed by atoms with Crippen LogP contribution >= 0.6 is 0 Å². The molecule has 0 aromatic heterocycles. The normalized spacial score (nSPS) is 19.1. The van der Waals surface area contributed by atoms with Gasteiger partial charge in [0.05, 0.1) is 19.6 Å². The molecule has 0 radical (unpaired) electrons. The number of hydrogen-bond donors (Lipinski definition) is 2. The monoisotopic (exact) mass is 361 g/mol. The highest BCUT2D eigenvalue weighted by Crippen LogP contribution is 2.30. The SMILES string of the molecule is CCCN1C(=O)N[C@H](CC(=O)NCc2ccc3c(c2)OCCCO3)C1=O. The summed E-state index contributed by atoms with van der Waals surface area (Å²) in [6.07, 6.45) is 1.44. The first-order valence-corrected chi connectivity index (χ1v) is 8.85. The number of carbonyl (C=O) groups excluding carboxylic acids is 3. The lowest BCUT2D eigenvalue weighted by Gasteiger charge is -2.12. The first-order valence-electron chi connectivity index (χ1n) is 8.85. The summed E-state index contributed by atoms with van der Waals surface area (Å²) >= 11 is 0. The molecular weight excluding hydrogens is 338 g/mol. The van der Waals surface area contributed by atoms with Crippen molar-refractivity contribution in [2.24, 2.45) is 0 Å². The average molecular weight is 361 g/mol. The van der Waals surface area contributed by atoms with Gasteiger partial charge in [-0.25, -0.2) is 4.79 Å². The Morgan fingerprint density at radius 1 is 1.27 bits per heavy atom. The maximum atomic E-state index is 12.1. The Labute approximate surface area is 151 Å². The average Bonchev–Trinajstić information content (AvgIpc) is 2.81. The fraction of sp³-hybridized carbons (Fsp3) is 0.500. The molecule has 4 amide bonds. The predicted octanol–water partition coefficient (Wildman–Crippen LogP) is 1.18. The van der Waals surface area contributed by atoms with Gasteiger partial charge in [-0.1, -0.05) is 13.0 Å². The number of hydrogen-bond acceptors (Lipinski definition) is 5. The third kappa shape index (κ3) is 4.07. The highest BCUT2D eigenvalue weighted by molar-refractivity contribution is 6.05. The molecule has 2 aliphatic rings. The van der Waals surface area contributed by atoms with E-state index in [9.17, 15) is 14.4 Å². The quantitative estimate of drug-likeness (QED) is 0.742. The zero-order valence-corrected chi connectivity index (χ0v) is 14.7. The van der Waals surface area contributed by atoms with Crippen molar-refractivity contribution in [2.75, 3.05) is 19.8 Å². The molecule has 1 fully saturated rings. The van der Waals surface area contributed by atoms with E-state index in [1.807, 2.05) is 25.1 Å². The Hall–Kier alpha value is -2.77. The summed E-state index contributed by atoms with van der Waals surface area (Å²) in [6.45, 7) is 3.78. The summed E-state index contributed by atoms with van der Waals surface area (Å²) in [4.78, 5) is 37.2. The van der Waals surface area contributed by atoms with Gasteiger partial charge in [-0.05, 0) is 24.1 Å². The van der Waals surface area contributed by atoms with Gasteiger partial charge in [-0.15, -0.1) is 0 Å². The van der Waals surface area contributed by atoms with Gasteiger partial charge in [0.2, 0.25) is 5.91 Å². The minimum absolute atomic E-state index is 0.0741. The van der Waals surface area contributed by atoms with Crippen molar-refractivity contribution >= 4 is 17.8 Å². The lowest BCUT2D eigenvalue weighted by Crippen LogP contribution is -2.36. The molecule has 0 saturated carbocycles. The van der Waals surface area contributed by atoms with Crippen LogP contribution in [0.15, 0.2) is 18.2 Å². The van der Waals surface area contributed by atoms with Crippen LogP contribution < -0.4 is 20.1 Å². The molecule has 3 rings (SSSR count). The second-order valence-corrected chi connectivity index (χ2v) is 6.30. The highest BCUT2D eigenvalue weighted by Gasteiger charge is 2.38. The first kappa shape index (κ1) is 18.0. The zero-order valence-electron chi connectivity index (χ0n) is 14.7. The Bertz CT molecular complexity index is 706. The van der Waals surface area contributed by atoms with Crippen LogP contribution in [0.3, 0.4) is 0 Å². The van der Waals surface area contributed by atoms with E-state index < -0.39 is 12.1 Å². The highest BCUT2D eigenvalue weighted by atomic mass is 16.5.